The molecule has 0 fully saturated rings. The minimum absolute atomic E-state index is 0.112. The molecule has 1 N–H and O–H groups in total. The molecule has 0 atom stereocenters. The van der Waals surface area contributed by atoms with E-state index in [0.29, 0.717) is 0 Å². The number of allylic oxidation sites excluding steroid dienone is 1. The smallest absolute Gasteiger partial charge is 0.230 e. The van der Waals surface area contributed by atoms with E-state index in [4.69, 9.17) is 0 Å². The van der Waals surface area contributed by atoms with Crippen LogP contribution in [-0.2, 0) is 4.79 Å². The van der Waals surface area contributed by atoms with Crippen molar-refractivity contribution in [1.82, 2.24) is 5.32 Å². The molecule has 74 valence electrons. The molecular formula is C11H13NOS. The van der Waals surface area contributed by atoms with Gasteiger partial charge in [0.1, 0.15) is 0 Å². The van der Waals surface area contributed by atoms with Gasteiger partial charge in [-0.05, 0) is 17.9 Å². The van der Waals surface area contributed by atoms with Crippen LogP contribution in [0, 0.1) is 5.41 Å². The summed E-state index contributed by atoms with van der Waals surface area (Å²) in [5.74, 6) is 0.112. The standard InChI is InChI=1S/C11H13NOS/c1-11(2)5-3-9(12-10(11)13)8-4-6-14-7-8/h3-4,6-7H,5H2,1-2H3,(H,12,13). The third kappa shape index (κ3) is 1.60. The lowest BCUT2D eigenvalue weighted by molar-refractivity contribution is -0.128. The fourth-order valence-corrected chi connectivity index (χ4v) is 2.06. The summed E-state index contributed by atoms with van der Waals surface area (Å²) >= 11 is 1.64. The molecule has 3 heteroatoms. The van der Waals surface area contributed by atoms with Crippen molar-refractivity contribution >= 4 is 22.9 Å². The predicted molar refractivity (Wildman–Crippen MR) is 58.8 cm³/mol. The zero-order valence-electron chi connectivity index (χ0n) is 8.33. The number of nitrogens with one attached hydrogen (secondary N) is 1. The summed E-state index contributed by atoms with van der Waals surface area (Å²) in [4.78, 5) is 11.7. The molecule has 2 heterocycles. The van der Waals surface area contributed by atoms with E-state index in [1.165, 1.54) is 0 Å². The first-order chi connectivity index (χ1) is 6.59. The molecule has 2 rings (SSSR count). The summed E-state index contributed by atoms with van der Waals surface area (Å²) in [6.07, 6.45) is 2.91. The van der Waals surface area contributed by atoms with Gasteiger partial charge in [0.2, 0.25) is 5.91 Å². The van der Waals surface area contributed by atoms with Crippen molar-refractivity contribution in [2.45, 2.75) is 20.3 Å². The molecule has 1 aliphatic heterocycles. The van der Waals surface area contributed by atoms with Gasteiger partial charge in [-0.3, -0.25) is 4.79 Å². The normalized spacial score (nSPS) is 20.1. The quantitative estimate of drug-likeness (QED) is 0.753. The van der Waals surface area contributed by atoms with Gasteiger partial charge in [0.15, 0.2) is 0 Å². The number of thiophene rings is 1. The maximum atomic E-state index is 11.7. The van der Waals surface area contributed by atoms with Gasteiger partial charge >= 0.3 is 0 Å². The molecule has 1 aromatic rings. The molecule has 14 heavy (non-hydrogen) atoms. The van der Waals surface area contributed by atoms with Crippen LogP contribution < -0.4 is 5.32 Å². The van der Waals surface area contributed by atoms with Gasteiger partial charge in [0.25, 0.3) is 0 Å². The first kappa shape index (κ1) is 9.46. The number of amides is 1. The van der Waals surface area contributed by atoms with Crippen LogP contribution in [0.2, 0.25) is 0 Å². The summed E-state index contributed by atoms with van der Waals surface area (Å²) in [6.45, 7) is 3.92. The summed E-state index contributed by atoms with van der Waals surface area (Å²) in [5.41, 5.74) is 1.80. The Morgan fingerprint density at radius 2 is 2.29 bits per heavy atom. The maximum absolute atomic E-state index is 11.7. The lowest BCUT2D eigenvalue weighted by Crippen LogP contribution is -2.38. The van der Waals surface area contributed by atoms with Crippen molar-refractivity contribution in [2.24, 2.45) is 5.41 Å². The molecule has 0 radical (unpaired) electrons. The van der Waals surface area contributed by atoms with E-state index in [1.54, 1.807) is 11.3 Å². The Morgan fingerprint density at radius 3 is 2.86 bits per heavy atom. The first-order valence-electron chi connectivity index (χ1n) is 4.64. The average Bonchev–Trinajstić information content (AvgIpc) is 2.62. The summed E-state index contributed by atoms with van der Waals surface area (Å²) in [7, 11) is 0. The van der Waals surface area contributed by atoms with E-state index < -0.39 is 0 Å². The number of rotatable bonds is 1. The van der Waals surface area contributed by atoms with Gasteiger partial charge in [0.05, 0.1) is 0 Å². The Balaban J connectivity index is 2.27. The number of hydrogen-bond acceptors (Lipinski definition) is 2. The zero-order chi connectivity index (χ0) is 10.2. The van der Waals surface area contributed by atoms with Gasteiger partial charge in [-0.15, -0.1) is 0 Å². The van der Waals surface area contributed by atoms with Crippen LogP contribution in [0.4, 0.5) is 0 Å². The maximum Gasteiger partial charge on any atom is 0.230 e. The molecule has 0 bridgehead atoms. The van der Waals surface area contributed by atoms with Crippen LogP contribution >= 0.6 is 11.3 Å². The average molecular weight is 207 g/mol. The Hall–Kier alpha value is -1.09. The molecule has 1 aromatic heterocycles. The molecule has 1 aliphatic rings. The minimum Gasteiger partial charge on any atom is -0.325 e. The fourth-order valence-electron chi connectivity index (χ4n) is 1.40. The van der Waals surface area contributed by atoms with Gasteiger partial charge < -0.3 is 5.32 Å². The summed E-state index contributed by atoms with van der Waals surface area (Å²) < 4.78 is 0. The van der Waals surface area contributed by atoms with E-state index in [9.17, 15) is 4.79 Å². The second-order valence-electron chi connectivity index (χ2n) is 4.17. The highest BCUT2D eigenvalue weighted by atomic mass is 32.1. The largest absolute Gasteiger partial charge is 0.325 e. The zero-order valence-corrected chi connectivity index (χ0v) is 9.15. The molecule has 0 aromatic carbocycles. The predicted octanol–water partition coefficient (Wildman–Crippen LogP) is 2.64. The van der Waals surface area contributed by atoms with Crippen LogP contribution in [0.25, 0.3) is 5.70 Å². The number of carbonyl (C=O) groups excluding carboxylic acids is 1. The fraction of sp³-hybridized carbons (Fsp3) is 0.364. The highest BCUT2D eigenvalue weighted by Gasteiger charge is 2.30. The third-order valence-corrected chi connectivity index (χ3v) is 3.19. The van der Waals surface area contributed by atoms with Crippen LogP contribution in [0.3, 0.4) is 0 Å². The van der Waals surface area contributed by atoms with E-state index in [2.05, 4.69) is 11.4 Å². The first-order valence-corrected chi connectivity index (χ1v) is 5.58. The van der Waals surface area contributed by atoms with E-state index in [1.807, 2.05) is 30.7 Å². The van der Waals surface area contributed by atoms with Gasteiger partial charge in [0, 0.05) is 22.1 Å². The molecular weight excluding hydrogens is 194 g/mol. The molecule has 0 spiro atoms. The molecule has 1 amide bonds. The second-order valence-corrected chi connectivity index (χ2v) is 4.95. The Labute approximate surface area is 87.6 Å². The van der Waals surface area contributed by atoms with Crippen molar-refractivity contribution in [3.63, 3.8) is 0 Å². The molecule has 0 unspecified atom stereocenters. The SMILES string of the molecule is CC1(C)CC=C(c2ccsc2)NC1=O. The molecule has 0 saturated heterocycles. The Kier molecular flexibility index (Phi) is 2.19. The van der Waals surface area contributed by atoms with E-state index in [0.717, 1.165) is 17.7 Å². The summed E-state index contributed by atoms with van der Waals surface area (Å²) in [5, 5.41) is 7.00. The van der Waals surface area contributed by atoms with Gasteiger partial charge in [-0.2, -0.15) is 11.3 Å². The topological polar surface area (TPSA) is 29.1 Å². The second kappa shape index (κ2) is 3.24. The van der Waals surface area contributed by atoms with E-state index in [-0.39, 0.29) is 11.3 Å². The Morgan fingerprint density at radius 1 is 1.50 bits per heavy atom. The highest BCUT2D eigenvalue weighted by molar-refractivity contribution is 7.08. The van der Waals surface area contributed by atoms with Crippen LogP contribution in [0.1, 0.15) is 25.8 Å². The number of hydrogen-bond donors (Lipinski definition) is 1. The van der Waals surface area contributed by atoms with Crippen LogP contribution in [0.5, 0.6) is 0 Å². The lowest BCUT2D eigenvalue weighted by Gasteiger charge is -2.27. The van der Waals surface area contributed by atoms with Crippen LogP contribution in [0.15, 0.2) is 22.9 Å². The van der Waals surface area contributed by atoms with Gasteiger partial charge in [-0.25, -0.2) is 0 Å². The van der Waals surface area contributed by atoms with Crippen molar-refractivity contribution in [3.8, 4) is 0 Å². The van der Waals surface area contributed by atoms with Crippen molar-refractivity contribution in [2.75, 3.05) is 0 Å². The van der Waals surface area contributed by atoms with Gasteiger partial charge in [-0.1, -0.05) is 19.9 Å². The lowest BCUT2D eigenvalue weighted by atomic mass is 9.85. The van der Waals surface area contributed by atoms with Crippen molar-refractivity contribution < 1.29 is 4.79 Å². The van der Waals surface area contributed by atoms with Crippen LogP contribution in [-0.4, -0.2) is 5.91 Å². The van der Waals surface area contributed by atoms with Crippen molar-refractivity contribution in [1.29, 1.82) is 0 Å². The van der Waals surface area contributed by atoms with Crippen molar-refractivity contribution in [3.05, 3.63) is 28.5 Å². The third-order valence-electron chi connectivity index (χ3n) is 2.51. The molecule has 0 saturated carbocycles. The monoisotopic (exact) mass is 207 g/mol. The number of carbonyl (C=O) groups is 1. The van der Waals surface area contributed by atoms with E-state index >= 15 is 0 Å². The Bertz CT molecular complexity index is 376. The molecule has 0 aliphatic carbocycles. The summed E-state index contributed by atoms with van der Waals surface area (Å²) in [6, 6.07) is 2.02. The highest BCUT2D eigenvalue weighted by Crippen LogP contribution is 2.29. The molecule has 2 nitrogen and oxygen atoms in total. The minimum atomic E-state index is -0.264.